The first-order chi connectivity index (χ1) is 8.93. The first-order valence-corrected chi connectivity index (χ1v) is 6.33. The Labute approximate surface area is 113 Å². The molecule has 0 heterocycles. The Morgan fingerprint density at radius 1 is 1.47 bits per heavy atom. The third kappa shape index (κ3) is 4.79. The van der Waals surface area contributed by atoms with E-state index in [1.165, 1.54) is 7.11 Å². The molecule has 0 aliphatic heterocycles. The van der Waals surface area contributed by atoms with Crippen LogP contribution < -0.4 is 15.8 Å². The van der Waals surface area contributed by atoms with Gasteiger partial charge in [-0.05, 0) is 30.5 Å². The predicted octanol–water partition coefficient (Wildman–Crippen LogP) is 1.41. The fourth-order valence-electron chi connectivity index (χ4n) is 1.79. The second kappa shape index (κ2) is 6.99. The molecule has 0 spiro atoms. The van der Waals surface area contributed by atoms with Crippen LogP contribution in [0.4, 0.5) is 5.69 Å². The van der Waals surface area contributed by atoms with E-state index >= 15 is 0 Å². The van der Waals surface area contributed by atoms with Crippen LogP contribution in [0.3, 0.4) is 0 Å². The Balaban J connectivity index is 2.63. The summed E-state index contributed by atoms with van der Waals surface area (Å²) in [6.07, 6.45) is 0.101. The molecule has 5 heteroatoms. The van der Waals surface area contributed by atoms with Crippen molar-refractivity contribution in [2.45, 2.75) is 26.4 Å². The van der Waals surface area contributed by atoms with Crippen LogP contribution >= 0.6 is 0 Å². The summed E-state index contributed by atoms with van der Waals surface area (Å²) in [5.74, 6) is 0.648. The second-order valence-corrected chi connectivity index (χ2v) is 4.95. The predicted molar refractivity (Wildman–Crippen MR) is 75.2 cm³/mol. The fraction of sp³-hybridized carbons (Fsp3) is 0.500. The lowest BCUT2D eigenvalue weighted by Gasteiger charge is -2.14. The highest BCUT2D eigenvalue weighted by Crippen LogP contribution is 2.19. The van der Waals surface area contributed by atoms with Gasteiger partial charge in [0.25, 0.3) is 5.91 Å². The van der Waals surface area contributed by atoms with Gasteiger partial charge in [-0.15, -0.1) is 0 Å². The Bertz CT molecular complexity index is 433. The van der Waals surface area contributed by atoms with E-state index in [9.17, 15) is 9.90 Å². The van der Waals surface area contributed by atoms with Crippen LogP contribution in [0.15, 0.2) is 18.2 Å². The van der Waals surface area contributed by atoms with Gasteiger partial charge < -0.3 is 20.9 Å². The van der Waals surface area contributed by atoms with Crippen LogP contribution in [0.25, 0.3) is 0 Å². The number of carbonyl (C=O) groups is 1. The van der Waals surface area contributed by atoms with E-state index in [4.69, 9.17) is 10.5 Å². The molecule has 5 nitrogen and oxygen atoms in total. The first-order valence-electron chi connectivity index (χ1n) is 6.33. The molecule has 0 saturated carbocycles. The molecule has 1 unspecified atom stereocenters. The quantitative estimate of drug-likeness (QED) is 0.680. The molecule has 1 atom stereocenters. The first kappa shape index (κ1) is 15.3. The number of anilines is 1. The maximum absolute atomic E-state index is 12.0. The van der Waals surface area contributed by atoms with Crippen molar-refractivity contribution in [3.05, 3.63) is 23.8 Å². The number of carbonyl (C=O) groups excluding carboxylic acids is 1. The van der Waals surface area contributed by atoms with E-state index in [0.717, 1.165) is 0 Å². The number of nitrogens with one attached hydrogen (secondary N) is 1. The van der Waals surface area contributed by atoms with Gasteiger partial charge in [-0.1, -0.05) is 13.8 Å². The molecule has 1 aromatic rings. The standard InChI is InChI=1S/C14H22N2O3/c1-9(2)6-10(17)8-16-14(18)12-7-11(19-3)4-5-13(12)15/h4-5,7,9-10,17H,6,8,15H2,1-3H3,(H,16,18). The van der Waals surface area contributed by atoms with Crippen molar-refractivity contribution in [1.82, 2.24) is 5.32 Å². The van der Waals surface area contributed by atoms with Gasteiger partial charge in [0.05, 0.1) is 18.8 Å². The van der Waals surface area contributed by atoms with Crippen molar-refractivity contribution in [2.24, 2.45) is 5.92 Å². The SMILES string of the molecule is COc1ccc(N)c(C(=O)NCC(O)CC(C)C)c1. The molecule has 0 saturated heterocycles. The average molecular weight is 266 g/mol. The van der Waals surface area contributed by atoms with Gasteiger partial charge in [0.2, 0.25) is 0 Å². The summed E-state index contributed by atoms with van der Waals surface area (Å²) in [7, 11) is 1.53. The molecular formula is C14H22N2O3. The molecule has 4 N–H and O–H groups in total. The Morgan fingerprint density at radius 2 is 2.16 bits per heavy atom. The molecule has 0 radical (unpaired) electrons. The highest BCUT2D eigenvalue weighted by atomic mass is 16.5. The molecule has 0 aliphatic rings. The largest absolute Gasteiger partial charge is 0.497 e. The molecule has 106 valence electrons. The monoisotopic (exact) mass is 266 g/mol. The molecule has 1 amide bonds. The highest BCUT2D eigenvalue weighted by molar-refractivity contribution is 5.99. The number of rotatable bonds is 6. The topological polar surface area (TPSA) is 84.6 Å². The number of nitrogen functional groups attached to an aromatic ring is 1. The molecule has 0 aliphatic carbocycles. The summed E-state index contributed by atoms with van der Waals surface area (Å²) in [5.41, 5.74) is 6.50. The lowest BCUT2D eigenvalue weighted by Crippen LogP contribution is -2.33. The van der Waals surface area contributed by atoms with Gasteiger partial charge in [0, 0.05) is 12.2 Å². The van der Waals surface area contributed by atoms with Gasteiger partial charge in [0.15, 0.2) is 0 Å². The third-order valence-electron chi connectivity index (χ3n) is 2.75. The van der Waals surface area contributed by atoms with Gasteiger partial charge in [-0.2, -0.15) is 0 Å². The zero-order chi connectivity index (χ0) is 14.4. The molecular weight excluding hydrogens is 244 g/mol. The van der Waals surface area contributed by atoms with Crippen molar-refractivity contribution in [3.8, 4) is 5.75 Å². The fourth-order valence-corrected chi connectivity index (χ4v) is 1.79. The maximum Gasteiger partial charge on any atom is 0.253 e. The summed E-state index contributed by atoms with van der Waals surface area (Å²) in [5, 5.41) is 12.4. The summed E-state index contributed by atoms with van der Waals surface area (Å²) in [6, 6.07) is 4.90. The van der Waals surface area contributed by atoms with Crippen LogP contribution in [0.5, 0.6) is 5.75 Å². The molecule has 0 fully saturated rings. The van der Waals surface area contributed by atoms with Crippen LogP contribution in [-0.2, 0) is 0 Å². The number of methoxy groups -OCH3 is 1. The Kier molecular flexibility index (Phi) is 5.63. The van der Waals surface area contributed by atoms with Crippen molar-refractivity contribution in [2.75, 3.05) is 19.4 Å². The maximum atomic E-state index is 12.0. The Morgan fingerprint density at radius 3 is 2.74 bits per heavy atom. The summed E-state index contributed by atoms with van der Waals surface area (Å²) in [4.78, 5) is 12.0. The zero-order valence-electron chi connectivity index (χ0n) is 11.6. The molecule has 1 aromatic carbocycles. The zero-order valence-corrected chi connectivity index (χ0v) is 11.6. The minimum absolute atomic E-state index is 0.216. The molecule has 0 aromatic heterocycles. The van der Waals surface area contributed by atoms with Gasteiger partial charge in [0.1, 0.15) is 5.75 Å². The lowest BCUT2D eigenvalue weighted by molar-refractivity contribution is 0.0901. The van der Waals surface area contributed by atoms with Crippen molar-refractivity contribution in [3.63, 3.8) is 0 Å². The van der Waals surface area contributed by atoms with E-state index < -0.39 is 6.10 Å². The smallest absolute Gasteiger partial charge is 0.253 e. The summed E-state index contributed by atoms with van der Waals surface area (Å²) >= 11 is 0. The van der Waals surface area contributed by atoms with E-state index in [1.54, 1.807) is 18.2 Å². The van der Waals surface area contributed by atoms with E-state index in [-0.39, 0.29) is 12.5 Å². The second-order valence-electron chi connectivity index (χ2n) is 4.95. The van der Waals surface area contributed by atoms with Crippen LogP contribution in [0.1, 0.15) is 30.6 Å². The van der Waals surface area contributed by atoms with Crippen LogP contribution in [0, 0.1) is 5.92 Å². The van der Waals surface area contributed by atoms with Gasteiger partial charge in [-0.3, -0.25) is 4.79 Å². The number of nitrogens with two attached hydrogens (primary N) is 1. The van der Waals surface area contributed by atoms with Gasteiger partial charge >= 0.3 is 0 Å². The number of aliphatic hydroxyl groups excluding tert-OH is 1. The van der Waals surface area contributed by atoms with Gasteiger partial charge in [-0.25, -0.2) is 0 Å². The van der Waals surface area contributed by atoms with E-state index in [1.807, 2.05) is 13.8 Å². The Hall–Kier alpha value is -1.75. The van der Waals surface area contributed by atoms with Crippen LogP contribution in [-0.4, -0.2) is 30.8 Å². The number of ether oxygens (including phenoxy) is 1. The highest BCUT2D eigenvalue weighted by Gasteiger charge is 2.13. The van der Waals surface area contributed by atoms with Crippen LogP contribution in [0.2, 0.25) is 0 Å². The number of hydrogen-bond donors (Lipinski definition) is 3. The molecule has 19 heavy (non-hydrogen) atoms. The van der Waals surface area contributed by atoms with E-state index in [0.29, 0.717) is 29.3 Å². The molecule has 0 bridgehead atoms. The van der Waals surface area contributed by atoms with E-state index in [2.05, 4.69) is 5.32 Å². The lowest BCUT2D eigenvalue weighted by atomic mass is 10.1. The van der Waals surface area contributed by atoms with Crippen molar-refractivity contribution >= 4 is 11.6 Å². The molecule has 1 rings (SSSR count). The normalized spacial score (nSPS) is 12.3. The minimum atomic E-state index is -0.546. The third-order valence-corrected chi connectivity index (χ3v) is 2.75. The average Bonchev–Trinajstić information content (AvgIpc) is 2.35. The minimum Gasteiger partial charge on any atom is -0.497 e. The van der Waals surface area contributed by atoms with Crippen molar-refractivity contribution < 1.29 is 14.6 Å². The number of aliphatic hydroxyl groups is 1. The number of hydrogen-bond acceptors (Lipinski definition) is 4. The summed E-state index contributed by atoms with van der Waals surface area (Å²) < 4.78 is 5.05. The summed E-state index contributed by atoms with van der Waals surface area (Å²) in [6.45, 7) is 4.25. The van der Waals surface area contributed by atoms with Crippen molar-refractivity contribution in [1.29, 1.82) is 0 Å². The number of benzene rings is 1. The number of amides is 1.